The predicted octanol–water partition coefficient (Wildman–Crippen LogP) is 3.49. The fourth-order valence-corrected chi connectivity index (χ4v) is 5.23. The van der Waals surface area contributed by atoms with E-state index < -0.39 is 5.54 Å². The lowest BCUT2D eigenvalue weighted by Crippen LogP contribution is -2.48. The number of fused-ring (bicyclic) bond motifs is 1. The largest absolute Gasteiger partial charge is 0.333 e. The first-order chi connectivity index (χ1) is 9.72. The summed E-state index contributed by atoms with van der Waals surface area (Å²) in [7, 11) is 0. The Hall–Kier alpha value is -0.990. The molecule has 1 aliphatic heterocycles. The molecule has 1 N–H and O–H groups in total. The highest BCUT2D eigenvalue weighted by Gasteiger charge is 2.34. The Morgan fingerprint density at radius 1 is 1.35 bits per heavy atom. The van der Waals surface area contributed by atoms with E-state index in [-0.39, 0.29) is 5.91 Å². The summed E-state index contributed by atoms with van der Waals surface area (Å²) < 4.78 is 0. The lowest BCUT2D eigenvalue weighted by atomic mass is 9.83. The third-order valence-electron chi connectivity index (χ3n) is 4.13. The summed E-state index contributed by atoms with van der Waals surface area (Å²) in [6, 6.07) is 4.37. The first-order valence-electron chi connectivity index (χ1n) is 7.15. The molecule has 2 aliphatic rings. The van der Waals surface area contributed by atoms with Crippen LogP contribution in [-0.2, 0) is 12.2 Å². The molecule has 20 heavy (non-hydrogen) atoms. The van der Waals surface area contributed by atoms with Gasteiger partial charge in [0.15, 0.2) is 0 Å². The Morgan fingerprint density at radius 3 is 2.85 bits per heavy atom. The minimum absolute atomic E-state index is 0.0575. The van der Waals surface area contributed by atoms with Gasteiger partial charge >= 0.3 is 0 Å². The predicted molar refractivity (Wildman–Crippen MR) is 83.1 cm³/mol. The third-order valence-corrected chi connectivity index (χ3v) is 6.37. The summed E-state index contributed by atoms with van der Waals surface area (Å²) in [5.74, 6) is 2.11. The Morgan fingerprint density at radius 2 is 2.15 bits per heavy atom. The highest BCUT2D eigenvalue weighted by Crippen LogP contribution is 2.33. The first kappa shape index (κ1) is 14.0. The fourth-order valence-electron chi connectivity index (χ4n) is 2.96. The van der Waals surface area contributed by atoms with Gasteiger partial charge < -0.3 is 5.32 Å². The number of nitriles is 1. The van der Waals surface area contributed by atoms with Crippen LogP contribution in [0, 0.1) is 11.3 Å². The van der Waals surface area contributed by atoms with Gasteiger partial charge in [0.25, 0.3) is 5.91 Å². The summed E-state index contributed by atoms with van der Waals surface area (Å²) in [4.78, 5) is 14.6. The molecule has 1 aliphatic carbocycles. The number of hydrogen-bond donors (Lipinski definition) is 1. The van der Waals surface area contributed by atoms with E-state index in [1.165, 1.54) is 16.9 Å². The molecule has 0 unspecified atom stereocenters. The number of amides is 1. The van der Waals surface area contributed by atoms with Crippen molar-refractivity contribution in [2.45, 2.75) is 49.8 Å². The van der Waals surface area contributed by atoms with Crippen LogP contribution in [0.1, 0.15) is 52.2 Å². The van der Waals surface area contributed by atoms with Gasteiger partial charge in [0.2, 0.25) is 0 Å². The molecule has 5 heteroatoms. The zero-order chi connectivity index (χ0) is 14.0. The highest BCUT2D eigenvalue weighted by atomic mass is 32.2. The van der Waals surface area contributed by atoms with Crippen LogP contribution in [-0.4, -0.2) is 17.2 Å². The van der Waals surface area contributed by atoms with E-state index in [4.69, 9.17) is 0 Å². The third kappa shape index (κ3) is 2.72. The Balaban J connectivity index is 1.75. The van der Waals surface area contributed by atoms with Crippen molar-refractivity contribution in [2.75, 3.05) is 5.75 Å². The van der Waals surface area contributed by atoms with E-state index in [1.807, 2.05) is 17.8 Å². The molecule has 1 aromatic heterocycles. The monoisotopic (exact) mass is 306 g/mol. The quantitative estimate of drug-likeness (QED) is 0.910. The number of nitrogens with zero attached hydrogens (tertiary/aromatic N) is 1. The molecular weight excluding hydrogens is 288 g/mol. The number of thioether (sulfide) groups is 1. The zero-order valence-corrected chi connectivity index (χ0v) is 13.0. The molecule has 1 amide bonds. The average molecular weight is 306 g/mol. The van der Waals surface area contributed by atoms with Gasteiger partial charge in [0.05, 0.1) is 10.9 Å². The van der Waals surface area contributed by atoms with Crippen molar-refractivity contribution < 1.29 is 4.79 Å². The molecule has 1 aromatic rings. The van der Waals surface area contributed by atoms with Crippen molar-refractivity contribution in [1.29, 1.82) is 5.26 Å². The minimum atomic E-state index is -0.630. The van der Waals surface area contributed by atoms with Gasteiger partial charge in [0, 0.05) is 10.6 Å². The maximum atomic E-state index is 12.4. The van der Waals surface area contributed by atoms with Crippen molar-refractivity contribution in [3.05, 3.63) is 21.4 Å². The SMILES string of the molecule is N#CC1(NC(=O)c2cc3c(s2)CCSC3)CCCCC1. The van der Waals surface area contributed by atoms with Gasteiger partial charge in [-0.15, -0.1) is 11.3 Å². The second kappa shape index (κ2) is 5.79. The summed E-state index contributed by atoms with van der Waals surface area (Å²) >= 11 is 3.53. The first-order valence-corrected chi connectivity index (χ1v) is 9.13. The maximum absolute atomic E-state index is 12.4. The zero-order valence-electron chi connectivity index (χ0n) is 11.4. The Kier molecular flexibility index (Phi) is 4.04. The van der Waals surface area contributed by atoms with Crippen molar-refractivity contribution in [3.63, 3.8) is 0 Å². The second-order valence-corrected chi connectivity index (χ2v) is 7.81. The van der Waals surface area contributed by atoms with Crippen LogP contribution in [0.5, 0.6) is 0 Å². The van der Waals surface area contributed by atoms with Crippen molar-refractivity contribution in [3.8, 4) is 6.07 Å². The van der Waals surface area contributed by atoms with E-state index in [9.17, 15) is 10.1 Å². The summed E-state index contributed by atoms with van der Waals surface area (Å²) in [5.41, 5.74) is 0.681. The second-order valence-electron chi connectivity index (χ2n) is 5.57. The molecule has 0 radical (unpaired) electrons. The standard InChI is InChI=1S/C15H18N2OS2/c16-10-15(5-2-1-3-6-15)17-14(18)13-8-11-9-19-7-4-12(11)20-13/h8H,1-7,9H2,(H,17,18). The Labute approximate surface area is 127 Å². The molecular formula is C15H18N2OS2. The molecule has 0 bridgehead atoms. The smallest absolute Gasteiger partial charge is 0.262 e. The lowest BCUT2D eigenvalue weighted by Gasteiger charge is -2.31. The van der Waals surface area contributed by atoms with Crippen LogP contribution < -0.4 is 5.32 Å². The van der Waals surface area contributed by atoms with Crippen molar-refractivity contribution in [1.82, 2.24) is 5.32 Å². The molecule has 0 saturated heterocycles. The van der Waals surface area contributed by atoms with Crippen LogP contribution in [0.2, 0.25) is 0 Å². The minimum Gasteiger partial charge on any atom is -0.333 e. The van der Waals surface area contributed by atoms with Gasteiger partial charge in [0.1, 0.15) is 5.54 Å². The number of carbonyl (C=O) groups is 1. The summed E-state index contributed by atoms with van der Waals surface area (Å²) in [6.45, 7) is 0. The summed E-state index contributed by atoms with van der Waals surface area (Å²) in [5, 5.41) is 12.4. The summed E-state index contributed by atoms with van der Waals surface area (Å²) in [6.07, 6.45) is 5.88. The number of hydrogen-bond acceptors (Lipinski definition) is 4. The normalized spacial score (nSPS) is 20.8. The molecule has 0 aromatic carbocycles. The fraction of sp³-hybridized carbons (Fsp3) is 0.600. The molecule has 0 atom stereocenters. The number of carbonyl (C=O) groups excluding carboxylic acids is 1. The van der Waals surface area contributed by atoms with Crippen LogP contribution in [0.15, 0.2) is 6.07 Å². The molecule has 106 valence electrons. The molecule has 3 rings (SSSR count). The van der Waals surface area contributed by atoms with Gasteiger partial charge in [-0.25, -0.2) is 0 Å². The maximum Gasteiger partial charge on any atom is 0.262 e. The highest BCUT2D eigenvalue weighted by molar-refractivity contribution is 7.98. The Bertz CT molecular complexity index is 529. The van der Waals surface area contributed by atoms with Crippen LogP contribution >= 0.6 is 23.1 Å². The lowest BCUT2D eigenvalue weighted by molar-refractivity contribution is 0.0907. The topological polar surface area (TPSA) is 52.9 Å². The van der Waals surface area contributed by atoms with Crippen molar-refractivity contribution in [2.24, 2.45) is 0 Å². The number of rotatable bonds is 2. The van der Waals surface area contributed by atoms with Crippen LogP contribution in [0.4, 0.5) is 0 Å². The molecule has 3 nitrogen and oxygen atoms in total. The molecule has 1 fully saturated rings. The van der Waals surface area contributed by atoms with Gasteiger partial charge in [-0.05, 0) is 36.6 Å². The molecule has 2 heterocycles. The van der Waals surface area contributed by atoms with E-state index in [2.05, 4.69) is 11.4 Å². The number of aryl methyl sites for hydroxylation is 1. The van der Waals surface area contributed by atoms with Crippen LogP contribution in [0.3, 0.4) is 0 Å². The van der Waals surface area contributed by atoms with Crippen molar-refractivity contribution >= 4 is 29.0 Å². The average Bonchev–Trinajstić information content (AvgIpc) is 2.92. The van der Waals surface area contributed by atoms with E-state index in [0.29, 0.717) is 0 Å². The molecule has 0 spiro atoms. The van der Waals surface area contributed by atoms with E-state index >= 15 is 0 Å². The van der Waals surface area contributed by atoms with Gasteiger partial charge in [-0.1, -0.05) is 19.3 Å². The molecule has 1 saturated carbocycles. The number of nitrogens with one attached hydrogen (secondary N) is 1. The van der Waals surface area contributed by atoms with Gasteiger partial charge in [-0.3, -0.25) is 4.79 Å². The van der Waals surface area contributed by atoms with E-state index in [1.54, 1.807) is 11.3 Å². The van der Waals surface area contributed by atoms with E-state index in [0.717, 1.165) is 48.5 Å². The van der Waals surface area contributed by atoms with Crippen LogP contribution in [0.25, 0.3) is 0 Å². The number of thiophene rings is 1. The van der Waals surface area contributed by atoms with Gasteiger partial charge in [-0.2, -0.15) is 17.0 Å².